The molecule has 1 aromatic rings. The smallest absolute Gasteiger partial charge is 0.306 e. The van der Waals surface area contributed by atoms with Crippen LogP contribution in [0.3, 0.4) is 0 Å². The van der Waals surface area contributed by atoms with Crippen molar-refractivity contribution in [3.63, 3.8) is 0 Å². The normalized spacial score (nSPS) is 21.5. The average molecular weight is 311 g/mol. The van der Waals surface area contributed by atoms with Crippen molar-refractivity contribution in [2.24, 2.45) is 17.8 Å². The topological polar surface area (TPSA) is 83.5 Å². The summed E-state index contributed by atoms with van der Waals surface area (Å²) in [5, 5.41) is 8.80. The first-order valence-corrected chi connectivity index (χ1v) is 8.59. The molecule has 1 saturated carbocycles. The molecule has 1 aromatic carbocycles. The van der Waals surface area contributed by atoms with Crippen molar-refractivity contribution in [1.29, 1.82) is 0 Å². The van der Waals surface area contributed by atoms with E-state index in [1.807, 2.05) is 12.1 Å². The van der Waals surface area contributed by atoms with E-state index in [4.69, 9.17) is 5.11 Å². The van der Waals surface area contributed by atoms with E-state index in [0.717, 1.165) is 12.0 Å². The highest BCUT2D eigenvalue weighted by Gasteiger charge is 2.43. The van der Waals surface area contributed by atoms with E-state index >= 15 is 0 Å². The molecule has 0 spiro atoms. The van der Waals surface area contributed by atoms with Crippen LogP contribution in [-0.2, 0) is 21.2 Å². The maximum atomic E-state index is 12.1. The van der Waals surface area contributed by atoms with Gasteiger partial charge in [-0.1, -0.05) is 26.0 Å². The minimum absolute atomic E-state index is 0.0857. The van der Waals surface area contributed by atoms with Gasteiger partial charge in [0.1, 0.15) is 0 Å². The fourth-order valence-electron chi connectivity index (χ4n) is 2.35. The zero-order valence-electron chi connectivity index (χ0n) is 12.2. The van der Waals surface area contributed by atoms with Crippen LogP contribution in [0, 0.1) is 17.8 Å². The van der Waals surface area contributed by atoms with Gasteiger partial charge in [-0.3, -0.25) is 4.79 Å². The van der Waals surface area contributed by atoms with Crippen molar-refractivity contribution < 1.29 is 18.3 Å². The molecular weight excluding hydrogens is 290 g/mol. The van der Waals surface area contributed by atoms with E-state index in [2.05, 4.69) is 18.6 Å². The molecule has 1 aliphatic carbocycles. The van der Waals surface area contributed by atoms with Crippen LogP contribution in [0.1, 0.15) is 25.8 Å². The summed E-state index contributed by atoms with van der Waals surface area (Å²) in [6, 6.07) is 6.85. The Morgan fingerprint density at radius 1 is 1.33 bits per heavy atom. The summed E-state index contributed by atoms with van der Waals surface area (Å²) in [6.45, 7) is 4.41. The van der Waals surface area contributed by atoms with Gasteiger partial charge in [-0.2, -0.15) is 0 Å². The second-order valence-corrected chi connectivity index (χ2v) is 7.80. The summed E-state index contributed by atoms with van der Waals surface area (Å²) in [5.74, 6) is -0.816. The first-order valence-electron chi connectivity index (χ1n) is 7.11. The maximum absolute atomic E-state index is 12.1. The summed E-state index contributed by atoms with van der Waals surface area (Å²) in [4.78, 5) is 10.9. The monoisotopic (exact) mass is 311 g/mol. The lowest BCUT2D eigenvalue weighted by Gasteiger charge is -2.08. The number of aliphatic carboxylic acids is 1. The lowest BCUT2D eigenvalue weighted by atomic mass is 10.0. The Hall–Kier alpha value is -1.40. The molecule has 0 aromatic heterocycles. The van der Waals surface area contributed by atoms with Crippen molar-refractivity contribution >= 4 is 16.0 Å². The Morgan fingerprint density at radius 3 is 2.43 bits per heavy atom. The first-order chi connectivity index (χ1) is 9.79. The molecule has 5 nitrogen and oxygen atoms in total. The van der Waals surface area contributed by atoms with E-state index in [-0.39, 0.29) is 17.4 Å². The lowest BCUT2D eigenvalue weighted by molar-refractivity contribution is -0.138. The Kier molecular flexibility index (Phi) is 4.68. The number of carboxylic acids is 1. The van der Waals surface area contributed by atoms with Crippen molar-refractivity contribution in [3.05, 3.63) is 29.8 Å². The minimum Gasteiger partial charge on any atom is -0.481 e. The third-order valence-corrected chi connectivity index (χ3v) is 5.09. The molecule has 1 fully saturated rings. The van der Waals surface area contributed by atoms with Crippen LogP contribution in [0.25, 0.3) is 0 Å². The van der Waals surface area contributed by atoms with Crippen LogP contribution >= 0.6 is 0 Å². The molecule has 0 amide bonds. The van der Waals surface area contributed by atoms with Crippen LogP contribution in [0.4, 0.5) is 0 Å². The van der Waals surface area contributed by atoms with Crippen LogP contribution in [-0.4, -0.2) is 26.0 Å². The highest BCUT2D eigenvalue weighted by Crippen LogP contribution is 2.38. The molecular formula is C15H21NO4S. The number of hydrogen-bond acceptors (Lipinski definition) is 3. The predicted molar refractivity (Wildman–Crippen MR) is 79.4 cm³/mol. The molecule has 0 saturated heterocycles. The van der Waals surface area contributed by atoms with Gasteiger partial charge in [0.15, 0.2) is 0 Å². The summed E-state index contributed by atoms with van der Waals surface area (Å²) >= 11 is 0. The quantitative estimate of drug-likeness (QED) is 0.805. The third kappa shape index (κ3) is 4.28. The van der Waals surface area contributed by atoms with E-state index in [1.165, 1.54) is 0 Å². The molecule has 21 heavy (non-hydrogen) atoms. The lowest BCUT2D eigenvalue weighted by Crippen LogP contribution is -2.26. The minimum atomic E-state index is -3.55. The van der Waals surface area contributed by atoms with Gasteiger partial charge in [0.25, 0.3) is 0 Å². The number of benzene rings is 1. The Morgan fingerprint density at radius 2 is 1.95 bits per heavy atom. The van der Waals surface area contributed by atoms with E-state index in [0.29, 0.717) is 12.3 Å². The average Bonchev–Trinajstić information content (AvgIpc) is 3.16. The molecule has 1 aliphatic rings. The maximum Gasteiger partial charge on any atom is 0.306 e. The summed E-state index contributed by atoms with van der Waals surface area (Å²) in [5.41, 5.74) is 1.11. The number of sulfonamides is 1. The molecule has 116 valence electrons. The van der Waals surface area contributed by atoms with E-state index < -0.39 is 21.9 Å². The van der Waals surface area contributed by atoms with Gasteiger partial charge < -0.3 is 5.11 Å². The van der Waals surface area contributed by atoms with Crippen molar-refractivity contribution in [2.45, 2.75) is 31.6 Å². The van der Waals surface area contributed by atoms with E-state index in [1.54, 1.807) is 12.1 Å². The van der Waals surface area contributed by atoms with Gasteiger partial charge in [0.2, 0.25) is 10.0 Å². The van der Waals surface area contributed by atoms with Crippen LogP contribution in [0.5, 0.6) is 0 Å². The standard InChI is InChI=1S/C15H21NO4S/c1-10(2)7-11-3-5-13(6-4-11)21(19,20)16-9-12-8-14(12)15(17)18/h3-6,10,12,14,16H,7-9H2,1-2H3,(H,17,18)/t12-,14-/m0/s1. The molecule has 0 heterocycles. The van der Waals surface area contributed by atoms with Gasteiger partial charge in [0, 0.05) is 6.54 Å². The molecule has 0 unspecified atom stereocenters. The summed E-state index contributed by atoms with van der Waals surface area (Å²) in [7, 11) is -3.55. The molecule has 2 atom stereocenters. The van der Waals surface area contributed by atoms with Crippen molar-refractivity contribution in [1.82, 2.24) is 4.72 Å². The first kappa shape index (κ1) is 16.0. The Balaban J connectivity index is 1.95. The Bertz CT molecular complexity index is 607. The van der Waals surface area contributed by atoms with Crippen molar-refractivity contribution in [2.75, 3.05) is 6.54 Å². The molecule has 0 bridgehead atoms. The zero-order valence-corrected chi connectivity index (χ0v) is 13.1. The Labute approximate surface area is 125 Å². The van der Waals surface area contributed by atoms with Gasteiger partial charge in [-0.15, -0.1) is 0 Å². The second kappa shape index (κ2) is 6.15. The number of carboxylic acid groups (broad SMARTS) is 1. The van der Waals surface area contributed by atoms with Gasteiger partial charge in [-0.05, 0) is 42.4 Å². The van der Waals surface area contributed by atoms with Crippen LogP contribution in [0.2, 0.25) is 0 Å². The van der Waals surface area contributed by atoms with Crippen LogP contribution < -0.4 is 4.72 Å². The predicted octanol–water partition coefficient (Wildman–Crippen LogP) is 1.88. The number of hydrogen-bond donors (Lipinski definition) is 2. The van der Waals surface area contributed by atoms with Gasteiger partial charge in [0.05, 0.1) is 10.8 Å². The largest absolute Gasteiger partial charge is 0.481 e. The molecule has 0 radical (unpaired) electrons. The number of carbonyl (C=O) groups is 1. The third-order valence-electron chi connectivity index (χ3n) is 3.65. The summed E-state index contributed by atoms with van der Waals surface area (Å²) < 4.78 is 26.7. The highest BCUT2D eigenvalue weighted by molar-refractivity contribution is 7.89. The zero-order chi connectivity index (χ0) is 15.6. The highest BCUT2D eigenvalue weighted by atomic mass is 32.2. The number of nitrogens with one attached hydrogen (secondary N) is 1. The van der Waals surface area contributed by atoms with E-state index in [9.17, 15) is 13.2 Å². The number of rotatable bonds is 7. The second-order valence-electron chi connectivity index (χ2n) is 6.03. The molecule has 0 aliphatic heterocycles. The molecule has 2 N–H and O–H groups in total. The van der Waals surface area contributed by atoms with Crippen molar-refractivity contribution in [3.8, 4) is 0 Å². The molecule has 6 heteroatoms. The summed E-state index contributed by atoms with van der Waals surface area (Å²) in [6.07, 6.45) is 1.46. The van der Waals surface area contributed by atoms with Gasteiger partial charge >= 0.3 is 5.97 Å². The van der Waals surface area contributed by atoms with Gasteiger partial charge in [-0.25, -0.2) is 13.1 Å². The molecule has 2 rings (SSSR count). The fourth-order valence-corrected chi connectivity index (χ4v) is 3.45. The SMILES string of the molecule is CC(C)Cc1ccc(S(=O)(=O)NC[C@@H]2C[C@@H]2C(=O)O)cc1. The fraction of sp³-hybridized carbons (Fsp3) is 0.533. The van der Waals surface area contributed by atoms with Crippen LogP contribution in [0.15, 0.2) is 29.2 Å².